The normalized spacial score (nSPS) is 13.1. The van der Waals surface area contributed by atoms with E-state index in [1.165, 1.54) is 83.5 Å². The van der Waals surface area contributed by atoms with Crippen molar-refractivity contribution < 1.29 is 28.6 Å². The average Bonchev–Trinajstić information content (AvgIpc) is 3.38. The van der Waals surface area contributed by atoms with Crippen LogP contribution in [0.5, 0.6) is 0 Å². The lowest BCUT2D eigenvalue weighted by molar-refractivity contribution is -0.167. The highest BCUT2D eigenvalue weighted by Gasteiger charge is 2.19. The van der Waals surface area contributed by atoms with E-state index in [1.54, 1.807) is 0 Å². The molecule has 6 nitrogen and oxygen atoms in total. The van der Waals surface area contributed by atoms with Crippen LogP contribution in [0.2, 0.25) is 0 Å². The Hall–Kier alpha value is -4.45. The van der Waals surface area contributed by atoms with Crippen molar-refractivity contribution in [2.24, 2.45) is 0 Å². The molecule has 0 N–H and O–H groups in total. The Morgan fingerprint density at radius 3 is 0.875 bits per heavy atom. The van der Waals surface area contributed by atoms with Crippen molar-refractivity contribution in [1.29, 1.82) is 0 Å². The lowest BCUT2D eigenvalue weighted by Crippen LogP contribution is -2.30. The molecule has 0 spiro atoms. The second kappa shape index (κ2) is 59.1. The predicted octanol–water partition coefficient (Wildman–Crippen LogP) is 19.8. The van der Waals surface area contributed by atoms with Crippen molar-refractivity contribution >= 4 is 17.9 Å². The Kier molecular flexibility index (Phi) is 55.5. The number of rotatable bonds is 51. The van der Waals surface area contributed by atoms with Gasteiger partial charge in [0, 0.05) is 19.3 Å². The first kappa shape index (κ1) is 67.5. The van der Waals surface area contributed by atoms with Gasteiger partial charge in [-0.3, -0.25) is 14.4 Å². The summed E-state index contributed by atoms with van der Waals surface area (Å²) >= 11 is 0. The molecule has 6 heteroatoms. The number of hydrogen-bond donors (Lipinski definition) is 0. The number of ether oxygens (including phenoxy) is 3. The van der Waals surface area contributed by atoms with Gasteiger partial charge in [0.25, 0.3) is 0 Å². The van der Waals surface area contributed by atoms with Gasteiger partial charge >= 0.3 is 17.9 Å². The zero-order valence-electron chi connectivity index (χ0n) is 46.4. The Bertz CT molecular complexity index is 1560. The summed E-state index contributed by atoms with van der Waals surface area (Å²) in [5.74, 6) is -0.966. The molecule has 72 heavy (non-hydrogen) atoms. The summed E-state index contributed by atoms with van der Waals surface area (Å²) in [6.45, 7) is 6.41. The minimum absolute atomic E-state index is 0.106. The number of unbranched alkanes of at least 4 members (excludes halogenated alkanes) is 26. The standard InChI is InChI=1S/C66H106O6/c1-4-7-10-13-16-19-22-25-28-31-34-37-40-43-46-49-52-55-58-64(67)70-61-63(72-66(69)60-57-54-51-48-45-42-39-36-33-30-27-24-21-18-15-12-9-6-3)62-71-65(68)59-56-53-50-47-44-41-38-35-32-29-26-23-20-17-14-11-8-5-2/h10,12-13,15-16,18-19,21-22,24-25,27-28,30-31,33-39,63H,4-9,11,14,17,20,23,26,29,32,40-62H2,1-3H3/b13-10-,15-12-,19-16-,21-18-,25-22-,27-24-,31-28-,33-30-,37-34-,38-35-,39-36-. The number of carbonyl (C=O) groups excluding carboxylic acids is 3. The SMILES string of the molecule is CCC\C=C/C=C\C=C/C=C\C=C/CCCCCCCC(=O)OCC(COC(=O)CCCCCCC/C=C\CCCCCCCCCCC)OC(=O)CCCCCCC\C=C/C=C\C=C/C=C\C=C/CCC. The molecule has 0 heterocycles. The highest BCUT2D eigenvalue weighted by Crippen LogP contribution is 2.14. The summed E-state index contributed by atoms with van der Waals surface area (Å²) in [4.78, 5) is 38.2. The minimum Gasteiger partial charge on any atom is -0.462 e. The van der Waals surface area contributed by atoms with Crippen molar-refractivity contribution in [2.75, 3.05) is 13.2 Å². The Morgan fingerprint density at radius 2 is 0.542 bits per heavy atom. The van der Waals surface area contributed by atoms with E-state index in [0.29, 0.717) is 12.8 Å². The molecule has 0 rings (SSSR count). The van der Waals surface area contributed by atoms with Crippen molar-refractivity contribution in [1.82, 2.24) is 0 Å². The number of hydrogen-bond acceptors (Lipinski definition) is 6. The van der Waals surface area contributed by atoms with Crippen LogP contribution in [0.4, 0.5) is 0 Å². The minimum atomic E-state index is -0.812. The van der Waals surface area contributed by atoms with E-state index in [9.17, 15) is 14.4 Å². The maximum Gasteiger partial charge on any atom is 0.306 e. The molecule has 0 aliphatic rings. The predicted molar refractivity (Wildman–Crippen MR) is 311 cm³/mol. The van der Waals surface area contributed by atoms with Crippen molar-refractivity contribution in [2.45, 2.75) is 252 Å². The first-order valence-electron chi connectivity index (χ1n) is 29.3. The van der Waals surface area contributed by atoms with Crippen LogP contribution < -0.4 is 0 Å². The van der Waals surface area contributed by atoms with Gasteiger partial charge in [-0.05, 0) is 83.5 Å². The molecule has 0 radical (unpaired) electrons. The van der Waals surface area contributed by atoms with Gasteiger partial charge in [0.2, 0.25) is 0 Å². The van der Waals surface area contributed by atoms with E-state index in [1.807, 2.05) is 48.6 Å². The second-order valence-electron chi connectivity index (χ2n) is 19.1. The summed E-state index contributed by atoms with van der Waals surface area (Å²) < 4.78 is 16.8. The van der Waals surface area contributed by atoms with Gasteiger partial charge in [0.15, 0.2) is 6.10 Å². The highest BCUT2D eigenvalue weighted by atomic mass is 16.6. The Labute approximate surface area is 443 Å². The first-order chi connectivity index (χ1) is 35.5. The van der Waals surface area contributed by atoms with Crippen LogP contribution in [-0.4, -0.2) is 37.2 Å². The van der Waals surface area contributed by atoms with Crippen molar-refractivity contribution in [3.63, 3.8) is 0 Å². The number of esters is 3. The molecule has 0 fully saturated rings. The molecule has 0 saturated heterocycles. The van der Waals surface area contributed by atoms with Crippen molar-refractivity contribution in [3.8, 4) is 0 Å². The maximum absolute atomic E-state index is 12.9. The largest absolute Gasteiger partial charge is 0.462 e. The third-order valence-electron chi connectivity index (χ3n) is 12.1. The second-order valence-corrected chi connectivity index (χ2v) is 19.1. The molecule has 0 aromatic heterocycles. The lowest BCUT2D eigenvalue weighted by atomic mass is 10.1. The zero-order chi connectivity index (χ0) is 52.2. The number of carbonyl (C=O) groups is 3. The Morgan fingerprint density at radius 1 is 0.278 bits per heavy atom. The quantitative estimate of drug-likeness (QED) is 0.0199. The van der Waals surface area contributed by atoms with Gasteiger partial charge in [0.1, 0.15) is 13.2 Å². The van der Waals surface area contributed by atoms with Crippen LogP contribution in [-0.2, 0) is 28.6 Å². The fourth-order valence-electron chi connectivity index (χ4n) is 7.67. The van der Waals surface area contributed by atoms with E-state index in [4.69, 9.17) is 14.2 Å². The van der Waals surface area contributed by atoms with Crippen LogP contribution in [0.15, 0.2) is 134 Å². The van der Waals surface area contributed by atoms with Gasteiger partial charge in [-0.15, -0.1) is 0 Å². The molecular weight excluding hydrogens is 889 g/mol. The molecule has 0 bridgehead atoms. The van der Waals surface area contributed by atoms with E-state index in [0.717, 1.165) is 122 Å². The summed E-state index contributed by atoms with van der Waals surface area (Å²) in [6.07, 6.45) is 82.8. The molecular formula is C66H106O6. The summed E-state index contributed by atoms with van der Waals surface area (Å²) in [5, 5.41) is 0. The smallest absolute Gasteiger partial charge is 0.306 e. The summed E-state index contributed by atoms with van der Waals surface area (Å²) in [5.41, 5.74) is 0. The van der Waals surface area contributed by atoms with Crippen LogP contribution in [0.25, 0.3) is 0 Å². The van der Waals surface area contributed by atoms with Gasteiger partial charge in [-0.2, -0.15) is 0 Å². The van der Waals surface area contributed by atoms with Gasteiger partial charge < -0.3 is 14.2 Å². The monoisotopic (exact) mass is 995 g/mol. The van der Waals surface area contributed by atoms with Crippen molar-refractivity contribution in [3.05, 3.63) is 134 Å². The Balaban J connectivity index is 4.54. The lowest BCUT2D eigenvalue weighted by Gasteiger charge is -2.18. The molecule has 0 amide bonds. The fourth-order valence-corrected chi connectivity index (χ4v) is 7.67. The summed E-state index contributed by atoms with van der Waals surface area (Å²) in [7, 11) is 0. The van der Waals surface area contributed by atoms with Gasteiger partial charge in [-0.1, -0.05) is 276 Å². The molecule has 406 valence electrons. The molecule has 1 atom stereocenters. The average molecular weight is 996 g/mol. The van der Waals surface area contributed by atoms with Crippen LogP contribution in [0, 0.1) is 0 Å². The molecule has 0 aromatic rings. The maximum atomic E-state index is 12.9. The summed E-state index contributed by atoms with van der Waals surface area (Å²) in [6, 6.07) is 0. The van der Waals surface area contributed by atoms with E-state index < -0.39 is 6.10 Å². The number of allylic oxidation sites excluding steroid dienone is 22. The van der Waals surface area contributed by atoms with E-state index >= 15 is 0 Å². The van der Waals surface area contributed by atoms with Gasteiger partial charge in [-0.25, -0.2) is 0 Å². The molecule has 1 unspecified atom stereocenters. The van der Waals surface area contributed by atoms with Crippen LogP contribution in [0.1, 0.15) is 245 Å². The van der Waals surface area contributed by atoms with E-state index in [2.05, 4.69) is 106 Å². The van der Waals surface area contributed by atoms with Crippen LogP contribution in [0.3, 0.4) is 0 Å². The highest BCUT2D eigenvalue weighted by molar-refractivity contribution is 5.71. The van der Waals surface area contributed by atoms with Crippen LogP contribution >= 0.6 is 0 Å². The molecule has 0 aliphatic carbocycles. The topological polar surface area (TPSA) is 78.9 Å². The fraction of sp³-hybridized carbons (Fsp3) is 0.621. The van der Waals surface area contributed by atoms with Gasteiger partial charge in [0.05, 0.1) is 0 Å². The molecule has 0 aromatic carbocycles. The third-order valence-corrected chi connectivity index (χ3v) is 12.1. The molecule has 0 aliphatic heterocycles. The molecule has 0 saturated carbocycles. The third kappa shape index (κ3) is 56.5. The van der Waals surface area contributed by atoms with E-state index in [-0.39, 0.29) is 37.5 Å². The zero-order valence-corrected chi connectivity index (χ0v) is 46.4. The first-order valence-corrected chi connectivity index (χ1v) is 29.3.